The van der Waals surface area contributed by atoms with Crippen LogP contribution in [0.1, 0.15) is 78.2 Å². The molecule has 0 unspecified atom stereocenters. The van der Waals surface area contributed by atoms with Gasteiger partial charge in [0.15, 0.2) is 0 Å². The Morgan fingerprint density at radius 2 is 1.76 bits per heavy atom. The van der Waals surface area contributed by atoms with Crippen molar-refractivity contribution in [1.82, 2.24) is 5.32 Å². The highest BCUT2D eigenvalue weighted by molar-refractivity contribution is 5.14. The van der Waals surface area contributed by atoms with E-state index in [1.54, 1.807) is 0 Å². The monoisotopic (exact) mass is 400 g/mol. The van der Waals surface area contributed by atoms with E-state index in [1.807, 2.05) is 26.0 Å². The second-order valence-corrected chi connectivity index (χ2v) is 7.26. The third-order valence-corrected chi connectivity index (χ3v) is 4.11. The number of benzene rings is 1. The molecule has 0 fully saturated rings. The predicted octanol–water partition coefficient (Wildman–Crippen LogP) is 6.80. The molecule has 0 aliphatic carbocycles. The third kappa shape index (κ3) is 20.5. The lowest BCUT2D eigenvalue weighted by atomic mass is 10.0. The van der Waals surface area contributed by atoms with Crippen LogP contribution in [0.4, 0.5) is 0 Å². The van der Waals surface area contributed by atoms with Gasteiger partial charge in [0.2, 0.25) is 0 Å². The van der Waals surface area contributed by atoms with Crippen LogP contribution in [-0.4, -0.2) is 17.8 Å². The van der Waals surface area contributed by atoms with Crippen molar-refractivity contribution in [3.63, 3.8) is 0 Å². The standard InChI is InChI=1S/C14H26N2O.C10H12.C2H6/c1-12(2)10-14(11-15)16-13(3)8-6-4-5-7-9-17;1-2-3-7-10-8-5-4-6-9-10;1-2/h12,14,16-17H,3-10H2,1-2H3;2,4-6,8-9H,1,3,7H2;1-2H3/t14-;;/m0../s1. The zero-order chi connectivity index (χ0) is 22.3. The molecule has 3 nitrogen and oxygen atoms in total. The zero-order valence-electron chi connectivity index (χ0n) is 19.3. The van der Waals surface area contributed by atoms with E-state index >= 15 is 0 Å². The summed E-state index contributed by atoms with van der Waals surface area (Å²) < 4.78 is 0. The minimum absolute atomic E-state index is 0.111. The Labute approximate surface area is 180 Å². The fourth-order valence-electron chi connectivity index (χ4n) is 2.65. The van der Waals surface area contributed by atoms with Crippen LogP contribution >= 0.6 is 0 Å². The lowest BCUT2D eigenvalue weighted by Gasteiger charge is -2.16. The molecule has 0 bridgehead atoms. The number of nitriles is 1. The van der Waals surface area contributed by atoms with Crippen LogP contribution in [0.2, 0.25) is 0 Å². The first-order valence-corrected chi connectivity index (χ1v) is 11.1. The summed E-state index contributed by atoms with van der Waals surface area (Å²) in [4.78, 5) is 0. The van der Waals surface area contributed by atoms with Crippen molar-refractivity contribution >= 4 is 0 Å². The molecule has 3 heteroatoms. The van der Waals surface area contributed by atoms with Gasteiger partial charge in [-0.1, -0.05) is 83.5 Å². The van der Waals surface area contributed by atoms with E-state index in [0.717, 1.165) is 57.1 Å². The summed E-state index contributed by atoms with van der Waals surface area (Å²) in [6.45, 7) is 16.1. The second-order valence-electron chi connectivity index (χ2n) is 7.26. The van der Waals surface area contributed by atoms with E-state index < -0.39 is 0 Å². The summed E-state index contributed by atoms with van der Waals surface area (Å²) in [5.41, 5.74) is 2.35. The molecule has 0 aliphatic heterocycles. The number of rotatable bonds is 13. The van der Waals surface area contributed by atoms with Crippen molar-refractivity contribution in [2.45, 2.75) is 85.1 Å². The van der Waals surface area contributed by atoms with Crippen molar-refractivity contribution in [2.75, 3.05) is 6.61 Å². The highest BCUT2D eigenvalue weighted by Gasteiger charge is 2.09. The Morgan fingerprint density at radius 3 is 2.28 bits per heavy atom. The molecular weight excluding hydrogens is 356 g/mol. The number of aliphatic hydroxyl groups excluding tert-OH is 1. The second kappa shape index (κ2) is 22.2. The molecule has 2 N–H and O–H groups in total. The lowest BCUT2D eigenvalue weighted by molar-refractivity contribution is 0.282. The van der Waals surface area contributed by atoms with E-state index in [0.29, 0.717) is 5.92 Å². The Balaban J connectivity index is 0. The van der Waals surface area contributed by atoms with Crippen molar-refractivity contribution in [3.05, 3.63) is 60.8 Å². The normalized spacial score (nSPS) is 10.5. The van der Waals surface area contributed by atoms with Gasteiger partial charge in [-0.05, 0) is 50.0 Å². The molecular formula is C26H44N2O. The number of allylic oxidation sites excluding steroid dienone is 2. The van der Waals surface area contributed by atoms with E-state index in [4.69, 9.17) is 10.4 Å². The molecule has 0 amide bonds. The van der Waals surface area contributed by atoms with Crippen molar-refractivity contribution < 1.29 is 5.11 Å². The van der Waals surface area contributed by atoms with Gasteiger partial charge in [0.1, 0.15) is 6.04 Å². The van der Waals surface area contributed by atoms with Crippen LogP contribution in [0.5, 0.6) is 0 Å². The fraction of sp³-hybridized carbons (Fsp3) is 0.577. The predicted molar refractivity (Wildman–Crippen MR) is 128 cm³/mol. The number of aryl methyl sites for hydroxylation is 1. The smallest absolute Gasteiger partial charge is 0.114 e. The first-order valence-electron chi connectivity index (χ1n) is 11.1. The Kier molecular flexibility index (Phi) is 22.4. The van der Waals surface area contributed by atoms with E-state index in [-0.39, 0.29) is 12.6 Å². The van der Waals surface area contributed by atoms with E-state index in [2.05, 4.69) is 62.7 Å². The maximum absolute atomic E-state index is 8.98. The summed E-state index contributed by atoms with van der Waals surface area (Å²) >= 11 is 0. The van der Waals surface area contributed by atoms with Gasteiger partial charge < -0.3 is 10.4 Å². The number of hydrogen-bond donors (Lipinski definition) is 2. The molecule has 0 aliphatic rings. The average Bonchev–Trinajstić information content (AvgIpc) is 2.74. The molecule has 1 rings (SSSR count). The quantitative estimate of drug-likeness (QED) is 0.283. The number of nitrogens with one attached hydrogen (secondary N) is 1. The van der Waals surface area contributed by atoms with Crippen LogP contribution in [0.3, 0.4) is 0 Å². The number of hydrogen-bond acceptors (Lipinski definition) is 3. The topological polar surface area (TPSA) is 56.0 Å². The molecule has 0 aromatic heterocycles. The maximum atomic E-state index is 8.98. The summed E-state index contributed by atoms with van der Waals surface area (Å²) in [5, 5.41) is 20.8. The van der Waals surface area contributed by atoms with Crippen molar-refractivity contribution in [2.24, 2.45) is 5.92 Å². The summed E-state index contributed by atoms with van der Waals surface area (Å²) in [6, 6.07) is 12.6. The SMILES string of the molecule is C=C(CCCCCCO)N[C@H](C#N)CC(C)C.C=CCCc1ccccc1.CC. The molecule has 29 heavy (non-hydrogen) atoms. The van der Waals surface area contributed by atoms with Gasteiger partial charge in [0, 0.05) is 12.3 Å². The van der Waals surface area contributed by atoms with Crippen LogP contribution in [0, 0.1) is 17.2 Å². The molecule has 0 radical (unpaired) electrons. The van der Waals surface area contributed by atoms with Crippen molar-refractivity contribution in [3.8, 4) is 6.07 Å². The van der Waals surface area contributed by atoms with Gasteiger partial charge in [-0.3, -0.25) is 0 Å². The first-order chi connectivity index (χ1) is 14.0. The molecule has 0 spiro atoms. The minimum Gasteiger partial charge on any atom is -0.396 e. The van der Waals surface area contributed by atoms with Gasteiger partial charge in [-0.15, -0.1) is 6.58 Å². The Hall–Kier alpha value is -2.05. The third-order valence-electron chi connectivity index (χ3n) is 4.11. The van der Waals surface area contributed by atoms with E-state index in [1.165, 1.54) is 5.56 Å². The summed E-state index contributed by atoms with van der Waals surface area (Å²) in [7, 11) is 0. The van der Waals surface area contributed by atoms with Crippen LogP contribution in [-0.2, 0) is 6.42 Å². The van der Waals surface area contributed by atoms with E-state index in [9.17, 15) is 0 Å². The Bertz CT molecular complexity index is 531. The number of unbranched alkanes of at least 4 members (excludes halogenated alkanes) is 3. The van der Waals surface area contributed by atoms with Gasteiger partial charge >= 0.3 is 0 Å². The lowest BCUT2D eigenvalue weighted by Crippen LogP contribution is -2.27. The molecule has 1 aromatic rings. The molecule has 1 aromatic carbocycles. The van der Waals surface area contributed by atoms with Gasteiger partial charge in [-0.2, -0.15) is 5.26 Å². The largest absolute Gasteiger partial charge is 0.396 e. The molecule has 0 saturated heterocycles. The van der Waals surface area contributed by atoms with Crippen molar-refractivity contribution in [1.29, 1.82) is 5.26 Å². The maximum Gasteiger partial charge on any atom is 0.114 e. The zero-order valence-corrected chi connectivity index (χ0v) is 19.3. The van der Waals surface area contributed by atoms with Gasteiger partial charge in [0.05, 0.1) is 6.07 Å². The van der Waals surface area contributed by atoms with Crippen LogP contribution < -0.4 is 5.32 Å². The minimum atomic E-state index is -0.111. The summed E-state index contributed by atoms with van der Waals surface area (Å²) in [6.07, 6.45) is 10.1. The molecule has 0 saturated carbocycles. The van der Waals surface area contributed by atoms with Crippen LogP contribution in [0.25, 0.3) is 0 Å². The highest BCUT2D eigenvalue weighted by atomic mass is 16.2. The highest BCUT2D eigenvalue weighted by Crippen LogP contribution is 2.10. The first kappa shape index (κ1) is 29.2. The number of nitrogens with zero attached hydrogens (tertiary/aromatic N) is 1. The molecule has 0 heterocycles. The van der Waals surface area contributed by atoms with Gasteiger partial charge in [0.25, 0.3) is 0 Å². The van der Waals surface area contributed by atoms with Crippen LogP contribution in [0.15, 0.2) is 55.3 Å². The summed E-state index contributed by atoms with van der Waals surface area (Å²) in [5.74, 6) is 0.518. The molecule has 164 valence electrons. The number of aliphatic hydroxyl groups is 1. The van der Waals surface area contributed by atoms with Gasteiger partial charge in [-0.25, -0.2) is 0 Å². The average molecular weight is 401 g/mol. The Morgan fingerprint density at radius 1 is 1.14 bits per heavy atom. The molecule has 1 atom stereocenters. The fourth-order valence-corrected chi connectivity index (χ4v) is 2.65.